The van der Waals surface area contributed by atoms with Crippen molar-refractivity contribution in [3.05, 3.63) is 0 Å². The van der Waals surface area contributed by atoms with Crippen LogP contribution in [0.1, 0.15) is 147 Å². The Morgan fingerprint density at radius 1 is 0.674 bits per heavy atom. The standard InChI is InChI=1S/C36H66N4O6/c1-13-33(9)23-29(41)25(5)35(11,15-3)39(33)45-27(7)31(43)37-21-19-17-18-20-22-38-32(44)28(8)46-40-34(10,14-2)24-30(42)26(6)36(40,12)16-4/h25-28H,13-24H2,1-12H3,(H,37,43)(H,38,44). The fourth-order valence-electron chi connectivity index (χ4n) is 7.14. The van der Waals surface area contributed by atoms with Crippen LogP contribution < -0.4 is 10.6 Å². The van der Waals surface area contributed by atoms with Crippen molar-refractivity contribution in [1.82, 2.24) is 20.8 Å². The van der Waals surface area contributed by atoms with E-state index in [4.69, 9.17) is 9.68 Å². The molecule has 0 aromatic carbocycles. The van der Waals surface area contributed by atoms with E-state index >= 15 is 0 Å². The van der Waals surface area contributed by atoms with E-state index in [-0.39, 0.29) is 35.2 Å². The maximum absolute atomic E-state index is 12.9. The summed E-state index contributed by atoms with van der Waals surface area (Å²) in [4.78, 5) is 64.1. The van der Waals surface area contributed by atoms with E-state index in [1.54, 1.807) is 13.8 Å². The zero-order chi connectivity index (χ0) is 35.1. The summed E-state index contributed by atoms with van der Waals surface area (Å²) in [5, 5.41) is 9.92. The summed E-state index contributed by atoms with van der Waals surface area (Å²) in [7, 11) is 0. The van der Waals surface area contributed by atoms with Crippen molar-refractivity contribution in [2.45, 2.75) is 182 Å². The van der Waals surface area contributed by atoms with Crippen molar-refractivity contribution in [3.63, 3.8) is 0 Å². The third-order valence-electron chi connectivity index (χ3n) is 11.8. The first kappa shape index (κ1) is 40.3. The van der Waals surface area contributed by atoms with E-state index in [0.717, 1.165) is 51.4 Å². The van der Waals surface area contributed by atoms with Gasteiger partial charge in [-0.2, -0.15) is 10.1 Å². The monoisotopic (exact) mass is 650 g/mol. The van der Waals surface area contributed by atoms with E-state index in [9.17, 15) is 19.2 Å². The minimum atomic E-state index is -0.671. The number of carbonyl (C=O) groups is 4. The van der Waals surface area contributed by atoms with Crippen LogP contribution in [0.15, 0.2) is 0 Å². The van der Waals surface area contributed by atoms with Crippen LogP contribution >= 0.6 is 0 Å². The first-order valence-corrected chi connectivity index (χ1v) is 18.0. The van der Waals surface area contributed by atoms with Crippen molar-refractivity contribution in [2.75, 3.05) is 13.1 Å². The van der Waals surface area contributed by atoms with Crippen LogP contribution in [0.2, 0.25) is 0 Å². The summed E-state index contributed by atoms with van der Waals surface area (Å²) >= 11 is 0. The number of hydrogen-bond acceptors (Lipinski definition) is 8. The second-order valence-electron chi connectivity index (χ2n) is 14.9. The fraction of sp³-hybridized carbons (Fsp3) is 0.889. The van der Waals surface area contributed by atoms with Crippen molar-refractivity contribution >= 4 is 23.4 Å². The molecule has 0 bridgehead atoms. The van der Waals surface area contributed by atoms with E-state index in [0.29, 0.717) is 25.9 Å². The van der Waals surface area contributed by atoms with Gasteiger partial charge in [0, 0.05) is 37.8 Å². The molecule has 10 nitrogen and oxygen atoms in total. The Morgan fingerprint density at radius 2 is 1.00 bits per heavy atom. The Bertz CT molecular complexity index is 989. The lowest BCUT2D eigenvalue weighted by Crippen LogP contribution is -2.67. The second-order valence-corrected chi connectivity index (χ2v) is 14.9. The van der Waals surface area contributed by atoms with Gasteiger partial charge in [0.15, 0.2) is 12.2 Å². The molecule has 8 atom stereocenters. The number of ketones is 2. The molecular formula is C36H66N4O6. The SMILES string of the molecule is CCC1(C)CC(=O)C(C)C(C)(CC)N1OC(C)C(=O)NCCCCCCNC(=O)C(C)ON1C(C)(CC)CC(=O)C(C)C1(C)CC. The third-order valence-corrected chi connectivity index (χ3v) is 11.8. The van der Waals surface area contributed by atoms with Gasteiger partial charge in [0.2, 0.25) is 0 Å². The predicted octanol–water partition coefficient (Wildman–Crippen LogP) is 5.92. The van der Waals surface area contributed by atoms with Crippen LogP contribution in [-0.4, -0.2) is 81.0 Å². The minimum absolute atomic E-state index is 0.159. The molecule has 2 saturated heterocycles. The van der Waals surface area contributed by atoms with Crippen LogP contribution in [0.3, 0.4) is 0 Å². The molecule has 0 aliphatic carbocycles. The highest BCUT2D eigenvalue weighted by atomic mass is 16.7. The zero-order valence-electron chi connectivity index (χ0n) is 31.1. The van der Waals surface area contributed by atoms with Crippen LogP contribution in [0.5, 0.6) is 0 Å². The Morgan fingerprint density at radius 3 is 1.28 bits per heavy atom. The quantitative estimate of drug-likeness (QED) is 0.187. The van der Waals surface area contributed by atoms with E-state index in [1.165, 1.54) is 0 Å². The Kier molecular flexibility index (Phi) is 14.4. The van der Waals surface area contributed by atoms with Crippen molar-refractivity contribution in [3.8, 4) is 0 Å². The summed E-state index contributed by atoms with van der Waals surface area (Å²) < 4.78 is 0. The van der Waals surface area contributed by atoms with Crippen LogP contribution in [-0.2, 0) is 28.9 Å². The molecule has 2 aliphatic rings. The molecule has 10 heteroatoms. The second kappa shape index (κ2) is 16.5. The minimum Gasteiger partial charge on any atom is -0.354 e. The third kappa shape index (κ3) is 8.58. The number of piperidine rings is 2. The van der Waals surface area contributed by atoms with Crippen LogP contribution in [0, 0.1) is 11.8 Å². The van der Waals surface area contributed by atoms with Gasteiger partial charge >= 0.3 is 0 Å². The number of rotatable bonds is 17. The lowest BCUT2D eigenvalue weighted by atomic mass is 9.70. The van der Waals surface area contributed by atoms with Crippen molar-refractivity contribution < 1.29 is 28.9 Å². The first-order chi connectivity index (χ1) is 21.4. The Labute approximate surface area is 279 Å². The number of Topliss-reactive ketones (excluding diaryl/α,β-unsaturated/α-hetero) is 2. The average molecular weight is 651 g/mol. The largest absolute Gasteiger partial charge is 0.354 e. The smallest absolute Gasteiger partial charge is 0.250 e. The molecule has 2 aliphatic heterocycles. The summed E-state index contributed by atoms with van der Waals surface area (Å²) in [5.41, 5.74) is -1.87. The number of hydrogen-bond donors (Lipinski definition) is 2. The highest BCUT2D eigenvalue weighted by Gasteiger charge is 2.55. The van der Waals surface area contributed by atoms with Gasteiger partial charge in [0.05, 0.1) is 22.2 Å². The highest BCUT2D eigenvalue weighted by molar-refractivity contribution is 5.85. The zero-order valence-corrected chi connectivity index (χ0v) is 31.1. The average Bonchev–Trinajstić information content (AvgIpc) is 3.03. The van der Waals surface area contributed by atoms with Gasteiger partial charge in [-0.3, -0.25) is 28.9 Å². The van der Waals surface area contributed by atoms with Crippen molar-refractivity contribution in [1.29, 1.82) is 0 Å². The van der Waals surface area contributed by atoms with Gasteiger partial charge in [0.1, 0.15) is 11.6 Å². The number of nitrogens with one attached hydrogen (secondary N) is 2. The number of unbranched alkanes of at least 4 members (excludes halogenated alkanes) is 3. The fourth-order valence-corrected chi connectivity index (χ4v) is 7.14. The van der Waals surface area contributed by atoms with Gasteiger partial charge in [-0.25, -0.2) is 0 Å². The lowest BCUT2D eigenvalue weighted by molar-refractivity contribution is -0.308. The molecule has 2 rings (SSSR count). The molecule has 266 valence electrons. The summed E-state index contributed by atoms with van der Waals surface area (Å²) in [6, 6.07) is 0. The molecule has 46 heavy (non-hydrogen) atoms. The van der Waals surface area contributed by atoms with Crippen LogP contribution in [0.25, 0.3) is 0 Å². The summed E-state index contributed by atoms with van der Waals surface area (Å²) in [6.07, 6.45) is 5.98. The normalized spacial score (nSPS) is 33.9. The molecule has 0 spiro atoms. The molecule has 0 aromatic heterocycles. The topological polar surface area (TPSA) is 117 Å². The summed E-state index contributed by atoms with van der Waals surface area (Å²) in [5.74, 6) is -0.169. The summed E-state index contributed by atoms with van der Waals surface area (Å²) in [6.45, 7) is 25.0. The van der Waals surface area contributed by atoms with Gasteiger partial charge in [-0.1, -0.05) is 54.4 Å². The number of carbonyl (C=O) groups excluding carboxylic acids is 4. The number of hydroxylamine groups is 4. The molecule has 2 fully saturated rings. The van der Waals surface area contributed by atoms with Gasteiger partial charge in [-0.05, 0) is 80.1 Å². The predicted molar refractivity (Wildman–Crippen MR) is 182 cm³/mol. The highest BCUT2D eigenvalue weighted by Crippen LogP contribution is 2.45. The molecule has 0 radical (unpaired) electrons. The Hall–Kier alpha value is -1.88. The molecular weight excluding hydrogens is 584 g/mol. The number of nitrogens with zero attached hydrogens (tertiary/aromatic N) is 2. The molecule has 2 N–H and O–H groups in total. The maximum Gasteiger partial charge on any atom is 0.250 e. The molecule has 8 unspecified atom stereocenters. The van der Waals surface area contributed by atoms with E-state index in [2.05, 4.69) is 52.2 Å². The molecule has 0 saturated carbocycles. The first-order valence-electron chi connectivity index (χ1n) is 18.0. The molecule has 2 amide bonds. The van der Waals surface area contributed by atoms with Gasteiger partial charge < -0.3 is 10.6 Å². The number of amides is 2. The van der Waals surface area contributed by atoms with Gasteiger partial charge in [-0.15, -0.1) is 0 Å². The van der Waals surface area contributed by atoms with E-state index in [1.807, 2.05) is 37.8 Å². The maximum atomic E-state index is 12.9. The lowest BCUT2D eigenvalue weighted by Gasteiger charge is -2.56. The molecule has 2 heterocycles. The van der Waals surface area contributed by atoms with Crippen LogP contribution in [0.4, 0.5) is 0 Å². The van der Waals surface area contributed by atoms with E-state index < -0.39 is 34.4 Å². The molecule has 0 aromatic rings. The van der Waals surface area contributed by atoms with Gasteiger partial charge in [0.25, 0.3) is 11.8 Å². The van der Waals surface area contributed by atoms with Crippen molar-refractivity contribution in [2.24, 2.45) is 11.8 Å². The Balaban J connectivity index is 1.75.